The lowest BCUT2D eigenvalue weighted by molar-refractivity contribution is -0.137. The molecule has 7 nitrogen and oxygen atoms in total. The van der Waals surface area contributed by atoms with Gasteiger partial charge in [0.15, 0.2) is 0 Å². The molecule has 0 aromatic heterocycles. The second-order valence-corrected chi connectivity index (χ2v) is 6.62. The summed E-state index contributed by atoms with van der Waals surface area (Å²) in [5, 5.41) is 3.06. The number of anilines is 1. The summed E-state index contributed by atoms with van der Waals surface area (Å²) in [5.41, 5.74) is 1.71. The fourth-order valence-corrected chi connectivity index (χ4v) is 2.85. The predicted octanol–water partition coefficient (Wildman–Crippen LogP) is 1.14. The fourth-order valence-electron chi connectivity index (χ4n) is 2.85. The van der Waals surface area contributed by atoms with Crippen molar-refractivity contribution in [3.05, 3.63) is 29.8 Å². The normalized spacial score (nSPS) is 15.0. The van der Waals surface area contributed by atoms with E-state index in [0.717, 1.165) is 18.5 Å². The number of ether oxygens (including phenoxy) is 2. The molecule has 0 bridgehead atoms. The van der Waals surface area contributed by atoms with Crippen LogP contribution in [0.2, 0.25) is 0 Å². The number of carbonyl (C=O) groups excluding carboxylic acids is 2. The molecular weight excluding hydrogens is 334 g/mol. The molecule has 0 saturated carbocycles. The van der Waals surface area contributed by atoms with Crippen molar-refractivity contribution in [2.75, 3.05) is 59.0 Å². The zero-order valence-electron chi connectivity index (χ0n) is 15.9. The van der Waals surface area contributed by atoms with Crippen LogP contribution in [0.5, 0.6) is 0 Å². The van der Waals surface area contributed by atoms with Crippen LogP contribution in [0.25, 0.3) is 0 Å². The summed E-state index contributed by atoms with van der Waals surface area (Å²) in [7, 11) is 5.53. The molecule has 1 fully saturated rings. The topological polar surface area (TPSA) is 71.1 Å². The van der Waals surface area contributed by atoms with Gasteiger partial charge in [0, 0.05) is 51.6 Å². The molecule has 1 aromatic carbocycles. The van der Waals surface area contributed by atoms with E-state index in [-0.39, 0.29) is 24.5 Å². The minimum absolute atomic E-state index is 0.00912. The van der Waals surface area contributed by atoms with Gasteiger partial charge in [-0.25, -0.2) is 0 Å². The minimum atomic E-state index is -0.0667. The summed E-state index contributed by atoms with van der Waals surface area (Å²) in [4.78, 5) is 28.2. The van der Waals surface area contributed by atoms with E-state index >= 15 is 0 Å². The first kappa shape index (κ1) is 20.2. The predicted molar refractivity (Wildman–Crippen MR) is 101 cm³/mol. The van der Waals surface area contributed by atoms with E-state index in [1.165, 1.54) is 0 Å². The van der Waals surface area contributed by atoms with Crippen molar-refractivity contribution in [2.24, 2.45) is 0 Å². The number of methoxy groups -OCH3 is 1. The maximum absolute atomic E-state index is 12.4. The van der Waals surface area contributed by atoms with Crippen LogP contribution >= 0.6 is 0 Å². The molecular formula is C19H29N3O4. The van der Waals surface area contributed by atoms with Gasteiger partial charge in [-0.3, -0.25) is 9.59 Å². The Morgan fingerprint density at radius 1 is 1.15 bits per heavy atom. The zero-order valence-corrected chi connectivity index (χ0v) is 15.9. The highest BCUT2D eigenvalue weighted by Crippen LogP contribution is 2.14. The first-order valence-electron chi connectivity index (χ1n) is 8.94. The Bertz CT molecular complexity index is 581. The summed E-state index contributed by atoms with van der Waals surface area (Å²) in [6, 6.07) is 7.62. The van der Waals surface area contributed by atoms with Crippen molar-refractivity contribution in [3.63, 3.8) is 0 Å². The monoisotopic (exact) mass is 363 g/mol. The van der Waals surface area contributed by atoms with Crippen LogP contribution in [0.15, 0.2) is 24.3 Å². The highest BCUT2D eigenvalue weighted by molar-refractivity contribution is 5.94. The number of hydrogen-bond donors (Lipinski definition) is 1. The third-order valence-corrected chi connectivity index (χ3v) is 4.49. The number of rotatable bonds is 8. The molecule has 1 aromatic rings. The van der Waals surface area contributed by atoms with E-state index in [1.54, 1.807) is 12.0 Å². The molecule has 0 unspecified atom stereocenters. The Balaban J connectivity index is 1.74. The average Bonchev–Trinajstić information content (AvgIpc) is 2.65. The molecule has 26 heavy (non-hydrogen) atoms. The molecule has 1 aliphatic heterocycles. The smallest absolute Gasteiger partial charge is 0.251 e. The molecule has 0 atom stereocenters. The van der Waals surface area contributed by atoms with Crippen molar-refractivity contribution < 1.29 is 19.1 Å². The highest BCUT2D eigenvalue weighted by Gasteiger charge is 2.24. The van der Waals surface area contributed by atoms with Gasteiger partial charge < -0.3 is 24.6 Å². The van der Waals surface area contributed by atoms with Crippen molar-refractivity contribution in [1.82, 2.24) is 10.2 Å². The van der Waals surface area contributed by atoms with Gasteiger partial charge in [0.05, 0.1) is 13.2 Å². The summed E-state index contributed by atoms with van der Waals surface area (Å²) in [6.45, 7) is 2.25. The van der Waals surface area contributed by atoms with Gasteiger partial charge in [-0.05, 0) is 37.1 Å². The Morgan fingerprint density at radius 2 is 1.81 bits per heavy atom. The molecule has 2 amide bonds. The number of benzene rings is 1. The Labute approximate surface area is 155 Å². The highest BCUT2D eigenvalue weighted by atomic mass is 16.5. The van der Waals surface area contributed by atoms with E-state index in [9.17, 15) is 9.59 Å². The van der Waals surface area contributed by atoms with E-state index in [1.807, 2.05) is 43.3 Å². The number of likely N-dealkylation sites (tertiary alicyclic amines) is 1. The summed E-state index contributed by atoms with van der Waals surface area (Å²) in [6.07, 6.45) is 1.51. The lowest BCUT2D eigenvalue weighted by atomic mass is 10.0. The van der Waals surface area contributed by atoms with E-state index in [2.05, 4.69) is 5.32 Å². The number of piperidine rings is 1. The molecule has 1 saturated heterocycles. The maximum Gasteiger partial charge on any atom is 0.251 e. The Morgan fingerprint density at radius 3 is 2.38 bits per heavy atom. The van der Waals surface area contributed by atoms with Gasteiger partial charge in [-0.15, -0.1) is 0 Å². The van der Waals surface area contributed by atoms with Crippen LogP contribution in [-0.2, 0) is 14.3 Å². The first-order chi connectivity index (χ1) is 12.5. The number of carbonyl (C=O) groups is 2. The standard InChI is InChI=1S/C19H29N3O4/c1-21(2)17-6-4-15(5-7-17)19(24)20-16-8-10-22(11-9-16)18(23)14-26-13-12-25-3/h4-7,16H,8-14H2,1-3H3,(H,20,24). The lowest BCUT2D eigenvalue weighted by Crippen LogP contribution is -2.47. The van der Waals surface area contributed by atoms with Gasteiger partial charge in [0.2, 0.25) is 5.91 Å². The van der Waals surface area contributed by atoms with Crippen LogP contribution in [-0.4, -0.2) is 76.9 Å². The summed E-state index contributed by atoms with van der Waals surface area (Å²) in [5.74, 6) is -0.0758. The van der Waals surface area contributed by atoms with Gasteiger partial charge >= 0.3 is 0 Å². The van der Waals surface area contributed by atoms with Gasteiger partial charge in [-0.1, -0.05) is 0 Å². The van der Waals surface area contributed by atoms with Crippen LogP contribution in [0, 0.1) is 0 Å². The van der Waals surface area contributed by atoms with Crippen molar-refractivity contribution >= 4 is 17.5 Å². The van der Waals surface area contributed by atoms with Crippen LogP contribution in [0.3, 0.4) is 0 Å². The summed E-state index contributed by atoms with van der Waals surface area (Å²) >= 11 is 0. The number of amides is 2. The molecule has 1 heterocycles. The molecule has 7 heteroatoms. The van der Waals surface area contributed by atoms with Gasteiger partial charge in [0.25, 0.3) is 5.91 Å². The van der Waals surface area contributed by atoms with E-state index in [4.69, 9.17) is 9.47 Å². The van der Waals surface area contributed by atoms with Crippen LogP contribution in [0.4, 0.5) is 5.69 Å². The van der Waals surface area contributed by atoms with E-state index in [0.29, 0.717) is 31.9 Å². The van der Waals surface area contributed by atoms with Crippen LogP contribution in [0.1, 0.15) is 23.2 Å². The van der Waals surface area contributed by atoms with Crippen molar-refractivity contribution in [1.29, 1.82) is 0 Å². The zero-order chi connectivity index (χ0) is 18.9. The average molecular weight is 363 g/mol. The Hall–Kier alpha value is -2.12. The number of nitrogens with zero attached hydrogens (tertiary/aromatic N) is 2. The Kier molecular flexibility index (Phi) is 7.87. The molecule has 144 valence electrons. The molecule has 0 spiro atoms. The molecule has 0 aliphatic carbocycles. The van der Waals surface area contributed by atoms with Crippen molar-refractivity contribution in [2.45, 2.75) is 18.9 Å². The third kappa shape index (κ3) is 6.00. The third-order valence-electron chi connectivity index (χ3n) is 4.49. The van der Waals surface area contributed by atoms with Crippen LogP contribution < -0.4 is 10.2 Å². The second kappa shape index (κ2) is 10.1. The lowest BCUT2D eigenvalue weighted by Gasteiger charge is -2.32. The molecule has 0 radical (unpaired) electrons. The largest absolute Gasteiger partial charge is 0.382 e. The minimum Gasteiger partial charge on any atom is -0.382 e. The fraction of sp³-hybridized carbons (Fsp3) is 0.579. The quantitative estimate of drug-likeness (QED) is 0.701. The second-order valence-electron chi connectivity index (χ2n) is 6.62. The van der Waals surface area contributed by atoms with Crippen molar-refractivity contribution in [3.8, 4) is 0 Å². The first-order valence-corrected chi connectivity index (χ1v) is 8.94. The summed E-state index contributed by atoms with van der Waals surface area (Å²) < 4.78 is 10.2. The number of hydrogen-bond acceptors (Lipinski definition) is 5. The SMILES string of the molecule is COCCOCC(=O)N1CCC(NC(=O)c2ccc(N(C)C)cc2)CC1. The maximum atomic E-state index is 12.4. The molecule has 1 N–H and O–H groups in total. The number of nitrogens with one attached hydrogen (secondary N) is 1. The molecule has 2 rings (SSSR count). The van der Waals surface area contributed by atoms with E-state index < -0.39 is 0 Å². The molecule has 1 aliphatic rings. The van der Waals surface area contributed by atoms with Gasteiger partial charge in [-0.2, -0.15) is 0 Å². The van der Waals surface area contributed by atoms with Gasteiger partial charge in [0.1, 0.15) is 6.61 Å².